The van der Waals surface area contributed by atoms with Gasteiger partial charge in [-0.1, -0.05) is 37.8 Å². The lowest BCUT2D eigenvalue weighted by atomic mass is 9.84. The number of aliphatic hydroxyl groups is 2. The second-order valence-corrected chi connectivity index (χ2v) is 6.31. The first kappa shape index (κ1) is 13.9. The standard InChI is InChI=1S/C17H24O3/c18-16(17(19)10-3-1-2-4-11-17)13-6-5-7-15(12-13)20-14-8-9-14/h5-7,12,14,16,18-19H,1-4,8-11H2. The van der Waals surface area contributed by atoms with Crippen molar-refractivity contribution < 1.29 is 14.9 Å². The van der Waals surface area contributed by atoms with Crippen LogP contribution in [0.3, 0.4) is 0 Å². The highest BCUT2D eigenvalue weighted by atomic mass is 16.5. The summed E-state index contributed by atoms with van der Waals surface area (Å²) in [6, 6.07) is 7.58. The van der Waals surface area contributed by atoms with E-state index in [-0.39, 0.29) is 0 Å². The van der Waals surface area contributed by atoms with Crippen LogP contribution in [0.2, 0.25) is 0 Å². The summed E-state index contributed by atoms with van der Waals surface area (Å²) in [5.41, 5.74) is -0.207. The number of benzene rings is 1. The molecule has 0 aliphatic heterocycles. The third-order valence-electron chi connectivity index (χ3n) is 4.48. The third kappa shape index (κ3) is 3.15. The van der Waals surface area contributed by atoms with Gasteiger partial charge < -0.3 is 14.9 Å². The first-order chi connectivity index (χ1) is 9.67. The van der Waals surface area contributed by atoms with Crippen LogP contribution < -0.4 is 4.74 Å². The minimum atomic E-state index is -0.977. The Bertz CT molecular complexity index is 445. The maximum atomic E-state index is 10.8. The van der Waals surface area contributed by atoms with Gasteiger partial charge in [-0.25, -0.2) is 0 Å². The molecule has 3 nitrogen and oxygen atoms in total. The van der Waals surface area contributed by atoms with Crippen molar-refractivity contribution in [2.24, 2.45) is 0 Å². The molecule has 3 heteroatoms. The van der Waals surface area contributed by atoms with E-state index in [2.05, 4.69) is 0 Å². The molecule has 0 saturated heterocycles. The van der Waals surface area contributed by atoms with Crippen LogP contribution in [0.25, 0.3) is 0 Å². The highest BCUT2D eigenvalue weighted by Gasteiger charge is 2.37. The van der Waals surface area contributed by atoms with Crippen molar-refractivity contribution in [3.05, 3.63) is 29.8 Å². The molecule has 20 heavy (non-hydrogen) atoms. The molecular formula is C17H24O3. The highest BCUT2D eigenvalue weighted by Crippen LogP contribution is 2.38. The summed E-state index contributed by atoms with van der Waals surface area (Å²) in [4.78, 5) is 0. The first-order valence-electron chi connectivity index (χ1n) is 7.84. The zero-order valence-corrected chi connectivity index (χ0v) is 11.9. The normalized spacial score (nSPS) is 23.9. The van der Waals surface area contributed by atoms with Crippen molar-refractivity contribution in [3.8, 4) is 5.75 Å². The molecule has 0 heterocycles. The maximum Gasteiger partial charge on any atom is 0.120 e. The van der Waals surface area contributed by atoms with Crippen molar-refractivity contribution in [3.63, 3.8) is 0 Å². The Hall–Kier alpha value is -1.06. The molecule has 3 rings (SSSR count). The Morgan fingerprint density at radius 2 is 1.80 bits per heavy atom. The number of rotatable bonds is 4. The average Bonchev–Trinajstić information content (AvgIpc) is 3.27. The van der Waals surface area contributed by atoms with E-state index in [9.17, 15) is 10.2 Å². The molecule has 1 unspecified atom stereocenters. The van der Waals surface area contributed by atoms with E-state index in [1.54, 1.807) is 0 Å². The zero-order valence-electron chi connectivity index (χ0n) is 11.9. The highest BCUT2D eigenvalue weighted by molar-refractivity contribution is 5.31. The smallest absolute Gasteiger partial charge is 0.120 e. The van der Waals surface area contributed by atoms with Gasteiger partial charge in [0.2, 0.25) is 0 Å². The van der Waals surface area contributed by atoms with Crippen LogP contribution in [-0.2, 0) is 0 Å². The van der Waals surface area contributed by atoms with Gasteiger partial charge >= 0.3 is 0 Å². The van der Waals surface area contributed by atoms with Crippen LogP contribution in [0.15, 0.2) is 24.3 Å². The Morgan fingerprint density at radius 1 is 1.10 bits per heavy atom. The van der Waals surface area contributed by atoms with Crippen LogP contribution in [0.1, 0.15) is 63.0 Å². The van der Waals surface area contributed by atoms with Gasteiger partial charge in [0.1, 0.15) is 11.9 Å². The van der Waals surface area contributed by atoms with E-state index in [4.69, 9.17) is 4.74 Å². The Balaban J connectivity index is 1.75. The van der Waals surface area contributed by atoms with Gasteiger partial charge in [-0.2, -0.15) is 0 Å². The SMILES string of the molecule is OC(c1cccc(OC2CC2)c1)C1(O)CCCCCC1. The molecule has 0 bridgehead atoms. The van der Waals surface area contributed by atoms with Crippen molar-refractivity contribution in [1.29, 1.82) is 0 Å². The van der Waals surface area contributed by atoms with Crippen LogP contribution in [0, 0.1) is 0 Å². The fourth-order valence-corrected chi connectivity index (χ4v) is 3.06. The van der Waals surface area contributed by atoms with Gasteiger partial charge in [0, 0.05) is 0 Å². The summed E-state index contributed by atoms with van der Waals surface area (Å²) in [5.74, 6) is 0.807. The predicted octanol–water partition coefficient (Wildman–Crippen LogP) is 3.35. The zero-order chi connectivity index (χ0) is 14.0. The molecule has 2 aliphatic rings. The fraction of sp³-hybridized carbons (Fsp3) is 0.647. The molecule has 0 radical (unpaired) electrons. The summed E-state index contributed by atoms with van der Waals surface area (Å²) in [5, 5.41) is 21.4. The van der Waals surface area contributed by atoms with E-state index < -0.39 is 11.7 Å². The molecule has 2 aliphatic carbocycles. The lowest BCUT2D eigenvalue weighted by molar-refractivity contribution is -0.0867. The lowest BCUT2D eigenvalue weighted by Crippen LogP contribution is -2.35. The molecule has 1 atom stereocenters. The van der Waals surface area contributed by atoms with Gasteiger partial charge in [-0.05, 0) is 43.4 Å². The van der Waals surface area contributed by atoms with Crippen molar-refractivity contribution in [2.75, 3.05) is 0 Å². The second kappa shape index (κ2) is 5.74. The topological polar surface area (TPSA) is 49.7 Å². The number of hydrogen-bond acceptors (Lipinski definition) is 3. The second-order valence-electron chi connectivity index (χ2n) is 6.31. The third-order valence-corrected chi connectivity index (χ3v) is 4.48. The molecule has 2 fully saturated rings. The van der Waals surface area contributed by atoms with E-state index in [1.807, 2.05) is 24.3 Å². The van der Waals surface area contributed by atoms with E-state index in [0.29, 0.717) is 18.9 Å². The first-order valence-corrected chi connectivity index (χ1v) is 7.84. The largest absolute Gasteiger partial charge is 0.490 e. The van der Waals surface area contributed by atoms with E-state index >= 15 is 0 Å². The van der Waals surface area contributed by atoms with Crippen molar-refractivity contribution in [1.82, 2.24) is 0 Å². The molecule has 0 spiro atoms. The van der Waals surface area contributed by atoms with Gasteiger partial charge in [0.15, 0.2) is 0 Å². The van der Waals surface area contributed by atoms with E-state index in [1.165, 1.54) is 0 Å². The number of aliphatic hydroxyl groups excluding tert-OH is 1. The van der Waals surface area contributed by atoms with Gasteiger partial charge in [0.05, 0.1) is 11.7 Å². The number of hydrogen-bond donors (Lipinski definition) is 2. The van der Waals surface area contributed by atoms with Crippen LogP contribution in [-0.4, -0.2) is 21.9 Å². The quantitative estimate of drug-likeness (QED) is 0.829. The van der Waals surface area contributed by atoms with Gasteiger partial charge in [0.25, 0.3) is 0 Å². The van der Waals surface area contributed by atoms with Crippen molar-refractivity contribution >= 4 is 0 Å². The maximum absolute atomic E-state index is 10.8. The van der Waals surface area contributed by atoms with Crippen LogP contribution in [0.5, 0.6) is 5.75 Å². The Kier molecular flexibility index (Phi) is 3.99. The summed E-state index contributed by atoms with van der Waals surface area (Å²) in [6.45, 7) is 0. The minimum Gasteiger partial charge on any atom is -0.490 e. The van der Waals surface area contributed by atoms with E-state index in [0.717, 1.165) is 49.8 Å². The molecule has 2 N–H and O–H groups in total. The molecule has 110 valence electrons. The van der Waals surface area contributed by atoms with Crippen LogP contribution >= 0.6 is 0 Å². The van der Waals surface area contributed by atoms with Gasteiger partial charge in [-0.15, -0.1) is 0 Å². The molecule has 0 aromatic heterocycles. The molecule has 2 saturated carbocycles. The van der Waals surface area contributed by atoms with Crippen LogP contribution in [0.4, 0.5) is 0 Å². The van der Waals surface area contributed by atoms with Crippen molar-refractivity contribution in [2.45, 2.75) is 69.2 Å². The Morgan fingerprint density at radius 3 is 2.45 bits per heavy atom. The molecular weight excluding hydrogens is 252 g/mol. The molecule has 1 aromatic rings. The fourth-order valence-electron chi connectivity index (χ4n) is 3.06. The summed E-state index contributed by atoms with van der Waals surface area (Å²) < 4.78 is 5.77. The summed E-state index contributed by atoms with van der Waals surface area (Å²) in [6.07, 6.45) is 7.43. The molecule has 1 aromatic carbocycles. The monoisotopic (exact) mass is 276 g/mol. The number of ether oxygens (including phenoxy) is 1. The molecule has 0 amide bonds. The lowest BCUT2D eigenvalue weighted by Gasteiger charge is -2.32. The summed E-state index contributed by atoms with van der Waals surface area (Å²) in [7, 11) is 0. The summed E-state index contributed by atoms with van der Waals surface area (Å²) >= 11 is 0. The minimum absolute atomic E-state index is 0.350. The Labute approximate surface area is 120 Å². The predicted molar refractivity (Wildman–Crippen MR) is 77.7 cm³/mol. The van der Waals surface area contributed by atoms with Gasteiger partial charge in [-0.3, -0.25) is 0 Å². The average molecular weight is 276 g/mol.